The Labute approximate surface area is 139 Å². The minimum atomic E-state index is 0. The second-order valence-electron chi connectivity index (χ2n) is 6.81. The molecule has 0 bridgehead atoms. The summed E-state index contributed by atoms with van der Waals surface area (Å²) in [5.41, 5.74) is 3.48. The molecular formula is C18H27ClN2O. The van der Waals surface area contributed by atoms with Crippen LogP contribution in [0, 0.1) is 11.8 Å². The Hall–Kier alpha value is -1.06. The van der Waals surface area contributed by atoms with E-state index in [2.05, 4.69) is 36.2 Å². The molecule has 2 aliphatic rings. The molecule has 1 aromatic carbocycles. The van der Waals surface area contributed by atoms with Crippen LogP contribution in [-0.2, 0) is 13.1 Å². The largest absolute Gasteiger partial charge is 0.339 e. The molecule has 0 radical (unpaired) electrons. The lowest BCUT2D eigenvalue weighted by Crippen LogP contribution is -2.32. The summed E-state index contributed by atoms with van der Waals surface area (Å²) in [6.07, 6.45) is 3.55. The zero-order chi connectivity index (χ0) is 14.8. The van der Waals surface area contributed by atoms with Crippen LogP contribution >= 0.6 is 12.4 Å². The number of rotatable bonds is 2. The van der Waals surface area contributed by atoms with Crippen LogP contribution in [0.4, 0.5) is 0 Å². The number of nitrogens with one attached hydrogen (secondary N) is 1. The van der Waals surface area contributed by atoms with Crippen LogP contribution in [0.3, 0.4) is 0 Å². The van der Waals surface area contributed by atoms with E-state index in [1.165, 1.54) is 17.5 Å². The Bertz CT molecular complexity index is 530. The van der Waals surface area contributed by atoms with Crippen LogP contribution in [0.2, 0.25) is 0 Å². The molecule has 122 valence electrons. The monoisotopic (exact) mass is 322 g/mol. The van der Waals surface area contributed by atoms with Crippen molar-refractivity contribution in [3.05, 3.63) is 34.9 Å². The van der Waals surface area contributed by atoms with Gasteiger partial charge in [0.05, 0.1) is 0 Å². The molecule has 2 heterocycles. The number of hydrogen-bond donors (Lipinski definition) is 1. The molecule has 1 atom stereocenters. The van der Waals surface area contributed by atoms with Gasteiger partial charge in [-0.2, -0.15) is 0 Å². The Kier molecular flexibility index (Phi) is 5.87. The summed E-state index contributed by atoms with van der Waals surface area (Å²) in [6, 6.07) is 6.19. The zero-order valence-electron chi connectivity index (χ0n) is 13.6. The first-order valence-electron chi connectivity index (χ1n) is 8.27. The number of amides is 1. The van der Waals surface area contributed by atoms with Gasteiger partial charge in [0.2, 0.25) is 0 Å². The second kappa shape index (κ2) is 7.47. The van der Waals surface area contributed by atoms with Gasteiger partial charge >= 0.3 is 0 Å². The average Bonchev–Trinajstić information content (AvgIpc) is 2.80. The summed E-state index contributed by atoms with van der Waals surface area (Å²) in [6.45, 7) is 8.26. The number of carbonyl (C=O) groups is 1. The van der Waals surface area contributed by atoms with E-state index in [9.17, 15) is 4.79 Å². The Balaban J connectivity index is 0.00000176. The van der Waals surface area contributed by atoms with Gasteiger partial charge in [0.15, 0.2) is 0 Å². The number of hydrogen-bond acceptors (Lipinski definition) is 2. The third-order valence-corrected chi connectivity index (χ3v) is 5.09. The lowest BCUT2D eigenvalue weighted by atomic mass is 9.89. The van der Waals surface area contributed by atoms with Crippen molar-refractivity contribution in [3.63, 3.8) is 0 Å². The van der Waals surface area contributed by atoms with Gasteiger partial charge < -0.3 is 10.2 Å². The SMILES string of the molecule is CC(C)C1CCCN(C(=O)c2ccc3c(c2)CNC3)CC1.Cl. The molecule has 1 saturated heterocycles. The Morgan fingerprint density at radius 1 is 1.18 bits per heavy atom. The molecular weight excluding hydrogens is 296 g/mol. The van der Waals surface area contributed by atoms with Crippen molar-refractivity contribution in [3.8, 4) is 0 Å². The van der Waals surface area contributed by atoms with Crippen molar-refractivity contribution < 1.29 is 4.79 Å². The predicted molar refractivity (Wildman–Crippen MR) is 92.3 cm³/mol. The molecule has 1 N–H and O–H groups in total. The highest BCUT2D eigenvalue weighted by Gasteiger charge is 2.23. The van der Waals surface area contributed by atoms with E-state index < -0.39 is 0 Å². The maximum atomic E-state index is 12.7. The molecule has 1 aromatic rings. The highest BCUT2D eigenvalue weighted by atomic mass is 35.5. The molecule has 3 nitrogen and oxygen atoms in total. The van der Waals surface area contributed by atoms with Crippen LogP contribution in [0.25, 0.3) is 0 Å². The van der Waals surface area contributed by atoms with Gasteiger partial charge in [-0.15, -0.1) is 12.4 Å². The van der Waals surface area contributed by atoms with Crippen LogP contribution in [-0.4, -0.2) is 23.9 Å². The van der Waals surface area contributed by atoms with Crippen LogP contribution in [0.15, 0.2) is 18.2 Å². The summed E-state index contributed by atoms with van der Waals surface area (Å²) in [5.74, 6) is 1.72. The van der Waals surface area contributed by atoms with Crippen LogP contribution in [0.1, 0.15) is 54.6 Å². The van der Waals surface area contributed by atoms with E-state index in [1.807, 2.05) is 6.07 Å². The zero-order valence-corrected chi connectivity index (χ0v) is 14.4. The number of carbonyl (C=O) groups excluding carboxylic acids is 1. The quantitative estimate of drug-likeness (QED) is 0.902. The first kappa shape index (κ1) is 17.3. The van der Waals surface area contributed by atoms with Crippen molar-refractivity contribution in [2.75, 3.05) is 13.1 Å². The number of likely N-dealkylation sites (tertiary alicyclic amines) is 1. The third-order valence-electron chi connectivity index (χ3n) is 5.09. The highest BCUT2D eigenvalue weighted by Crippen LogP contribution is 2.26. The van der Waals surface area contributed by atoms with Crippen molar-refractivity contribution in [2.45, 2.75) is 46.2 Å². The van der Waals surface area contributed by atoms with Gasteiger partial charge in [0.1, 0.15) is 0 Å². The molecule has 0 aromatic heterocycles. The maximum Gasteiger partial charge on any atom is 0.253 e. The summed E-state index contributed by atoms with van der Waals surface area (Å²) >= 11 is 0. The fourth-order valence-corrected chi connectivity index (χ4v) is 3.60. The van der Waals surface area contributed by atoms with E-state index in [-0.39, 0.29) is 18.3 Å². The molecule has 1 unspecified atom stereocenters. The molecule has 3 rings (SSSR count). The minimum Gasteiger partial charge on any atom is -0.339 e. The van der Waals surface area contributed by atoms with E-state index >= 15 is 0 Å². The normalized spacial score (nSPS) is 21.2. The Morgan fingerprint density at radius 3 is 2.73 bits per heavy atom. The van der Waals surface area contributed by atoms with Gasteiger partial charge in [0, 0.05) is 31.7 Å². The maximum absolute atomic E-state index is 12.7. The van der Waals surface area contributed by atoms with Crippen LogP contribution in [0.5, 0.6) is 0 Å². The fourth-order valence-electron chi connectivity index (χ4n) is 3.60. The predicted octanol–water partition coefficient (Wildman–Crippen LogP) is 3.61. The second-order valence-corrected chi connectivity index (χ2v) is 6.81. The highest BCUT2D eigenvalue weighted by molar-refractivity contribution is 5.94. The molecule has 0 saturated carbocycles. The van der Waals surface area contributed by atoms with E-state index in [1.54, 1.807) is 0 Å². The molecule has 1 fully saturated rings. The van der Waals surface area contributed by atoms with Gasteiger partial charge in [-0.25, -0.2) is 0 Å². The molecule has 0 aliphatic carbocycles. The number of benzene rings is 1. The number of fused-ring (bicyclic) bond motifs is 1. The molecule has 1 amide bonds. The molecule has 0 spiro atoms. The lowest BCUT2D eigenvalue weighted by molar-refractivity contribution is 0.0758. The van der Waals surface area contributed by atoms with Crippen molar-refractivity contribution >= 4 is 18.3 Å². The average molecular weight is 323 g/mol. The number of nitrogens with zero attached hydrogens (tertiary/aromatic N) is 1. The van der Waals surface area contributed by atoms with Crippen molar-refractivity contribution in [1.82, 2.24) is 10.2 Å². The van der Waals surface area contributed by atoms with E-state index in [4.69, 9.17) is 0 Å². The number of halogens is 1. The van der Waals surface area contributed by atoms with Gasteiger partial charge in [-0.1, -0.05) is 19.9 Å². The Morgan fingerprint density at radius 2 is 1.95 bits per heavy atom. The lowest BCUT2D eigenvalue weighted by Gasteiger charge is -2.22. The van der Waals surface area contributed by atoms with Gasteiger partial charge in [-0.05, 0) is 54.4 Å². The summed E-state index contributed by atoms with van der Waals surface area (Å²) in [7, 11) is 0. The van der Waals surface area contributed by atoms with Crippen LogP contribution < -0.4 is 5.32 Å². The summed E-state index contributed by atoms with van der Waals surface area (Å²) in [5, 5.41) is 3.34. The van der Waals surface area contributed by atoms with Gasteiger partial charge in [-0.3, -0.25) is 4.79 Å². The topological polar surface area (TPSA) is 32.3 Å². The smallest absolute Gasteiger partial charge is 0.253 e. The molecule has 2 aliphatic heterocycles. The first-order chi connectivity index (χ1) is 10.1. The van der Waals surface area contributed by atoms with Crippen molar-refractivity contribution in [1.29, 1.82) is 0 Å². The summed E-state index contributed by atoms with van der Waals surface area (Å²) in [4.78, 5) is 14.8. The molecule has 4 heteroatoms. The minimum absolute atomic E-state index is 0. The van der Waals surface area contributed by atoms with E-state index in [0.717, 1.165) is 56.4 Å². The standard InChI is InChI=1S/C18H26N2O.ClH/c1-13(2)14-4-3-8-20(9-7-14)18(21)15-5-6-16-11-19-12-17(16)10-15;/h5-6,10,13-14,19H,3-4,7-9,11-12H2,1-2H3;1H. The van der Waals surface area contributed by atoms with E-state index in [0.29, 0.717) is 0 Å². The first-order valence-corrected chi connectivity index (χ1v) is 8.27. The van der Waals surface area contributed by atoms with Crippen molar-refractivity contribution in [2.24, 2.45) is 11.8 Å². The third kappa shape index (κ3) is 3.64. The fraction of sp³-hybridized carbons (Fsp3) is 0.611. The molecule has 22 heavy (non-hydrogen) atoms. The van der Waals surface area contributed by atoms with Gasteiger partial charge in [0.25, 0.3) is 5.91 Å². The summed E-state index contributed by atoms with van der Waals surface area (Å²) < 4.78 is 0.